The number of nitrogens with one attached hydrogen (secondary N) is 1. The van der Waals surface area contributed by atoms with Crippen LogP contribution in [0.1, 0.15) is 12.0 Å². The molecular formula is C14H17ClN2O4S. The minimum absolute atomic E-state index is 0.0560. The number of amides is 2. The zero-order valence-electron chi connectivity index (χ0n) is 12.3. The SMILES string of the molecule is COc1cc(Cl)c(NC(=O)N2CC3CC2CS3(=O)=O)cc1C. The summed E-state index contributed by atoms with van der Waals surface area (Å²) in [7, 11) is -1.46. The van der Waals surface area contributed by atoms with E-state index in [0.29, 0.717) is 22.9 Å². The monoisotopic (exact) mass is 344 g/mol. The van der Waals surface area contributed by atoms with E-state index in [-0.39, 0.29) is 24.4 Å². The zero-order chi connectivity index (χ0) is 16.1. The molecule has 0 aliphatic carbocycles. The van der Waals surface area contributed by atoms with Crippen molar-refractivity contribution in [1.82, 2.24) is 4.90 Å². The Morgan fingerprint density at radius 1 is 1.45 bits per heavy atom. The standard InChI is InChI=1S/C14H17ClN2O4S/c1-8-3-12(11(15)5-13(8)21-2)16-14(18)17-6-10-4-9(17)7-22(10,19)20/h3,5,9-10H,4,6-7H2,1-2H3,(H,16,18). The summed E-state index contributed by atoms with van der Waals surface area (Å²) in [5, 5.41) is 2.72. The first-order valence-electron chi connectivity index (χ1n) is 6.95. The Hall–Kier alpha value is -1.47. The first-order chi connectivity index (χ1) is 10.3. The number of hydrogen-bond donors (Lipinski definition) is 1. The van der Waals surface area contributed by atoms with E-state index < -0.39 is 15.1 Å². The van der Waals surface area contributed by atoms with Crippen LogP contribution in [0.2, 0.25) is 5.02 Å². The van der Waals surface area contributed by atoms with Gasteiger partial charge in [-0.15, -0.1) is 0 Å². The predicted octanol–water partition coefficient (Wildman–Crippen LogP) is 2.06. The number of anilines is 1. The number of carbonyl (C=O) groups excluding carboxylic acids is 1. The molecule has 2 aliphatic heterocycles. The molecule has 120 valence electrons. The van der Waals surface area contributed by atoms with Crippen LogP contribution in [0, 0.1) is 6.92 Å². The van der Waals surface area contributed by atoms with E-state index in [0.717, 1.165) is 5.56 Å². The summed E-state index contributed by atoms with van der Waals surface area (Å²) in [6.45, 7) is 2.11. The van der Waals surface area contributed by atoms with Gasteiger partial charge in [-0.3, -0.25) is 0 Å². The van der Waals surface area contributed by atoms with Crippen molar-refractivity contribution >= 4 is 33.2 Å². The summed E-state index contributed by atoms with van der Waals surface area (Å²) < 4.78 is 28.6. The van der Waals surface area contributed by atoms with Gasteiger partial charge in [0.05, 0.1) is 28.8 Å². The zero-order valence-corrected chi connectivity index (χ0v) is 13.9. The van der Waals surface area contributed by atoms with Gasteiger partial charge in [-0.25, -0.2) is 13.2 Å². The number of halogens is 1. The van der Waals surface area contributed by atoms with Crippen LogP contribution in [0.15, 0.2) is 12.1 Å². The number of nitrogens with zero attached hydrogens (tertiary/aromatic N) is 1. The van der Waals surface area contributed by atoms with E-state index in [1.807, 2.05) is 6.92 Å². The highest BCUT2D eigenvalue weighted by atomic mass is 35.5. The molecule has 2 saturated heterocycles. The maximum atomic E-state index is 12.4. The average Bonchev–Trinajstić information content (AvgIpc) is 2.98. The number of methoxy groups -OCH3 is 1. The van der Waals surface area contributed by atoms with E-state index in [1.54, 1.807) is 24.1 Å². The van der Waals surface area contributed by atoms with Crippen molar-refractivity contribution in [1.29, 1.82) is 0 Å². The number of aryl methyl sites for hydroxylation is 1. The highest BCUT2D eigenvalue weighted by Gasteiger charge is 2.50. The van der Waals surface area contributed by atoms with Crippen molar-refractivity contribution in [2.45, 2.75) is 24.6 Å². The van der Waals surface area contributed by atoms with Crippen LogP contribution < -0.4 is 10.1 Å². The van der Waals surface area contributed by atoms with E-state index in [1.165, 1.54) is 0 Å². The van der Waals surface area contributed by atoms with Crippen LogP contribution >= 0.6 is 11.6 Å². The molecule has 1 aromatic carbocycles. The molecule has 2 bridgehead atoms. The lowest BCUT2D eigenvalue weighted by Crippen LogP contribution is -2.46. The third kappa shape index (κ3) is 2.52. The van der Waals surface area contributed by atoms with Crippen molar-refractivity contribution in [3.63, 3.8) is 0 Å². The molecule has 3 rings (SSSR count). The lowest BCUT2D eigenvalue weighted by atomic mass is 10.2. The van der Waals surface area contributed by atoms with Crippen molar-refractivity contribution in [2.24, 2.45) is 0 Å². The maximum Gasteiger partial charge on any atom is 0.322 e. The van der Waals surface area contributed by atoms with Gasteiger partial charge in [0.1, 0.15) is 5.75 Å². The normalized spacial score (nSPS) is 25.3. The topological polar surface area (TPSA) is 75.7 Å². The van der Waals surface area contributed by atoms with Crippen LogP contribution in [0.5, 0.6) is 5.75 Å². The fourth-order valence-electron chi connectivity index (χ4n) is 3.11. The molecule has 0 spiro atoms. The Labute approximate surface area is 134 Å². The summed E-state index contributed by atoms with van der Waals surface area (Å²) in [6.07, 6.45) is 0.533. The van der Waals surface area contributed by atoms with E-state index >= 15 is 0 Å². The Bertz CT molecular complexity index is 735. The minimum Gasteiger partial charge on any atom is -0.496 e. The summed E-state index contributed by atoms with van der Waals surface area (Å²) in [5.41, 5.74) is 1.35. The molecule has 1 aromatic rings. The number of carbonyl (C=O) groups is 1. The lowest BCUT2D eigenvalue weighted by molar-refractivity contribution is 0.209. The molecule has 2 amide bonds. The Kier molecular flexibility index (Phi) is 3.72. The number of sulfone groups is 1. The molecule has 0 radical (unpaired) electrons. The number of ether oxygens (including phenoxy) is 1. The average molecular weight is 345 g/mol. The van der Waals surface area contributed by atoms with Gasteiger partial charge in [-0.1, -0.05) is 11.6 Å². The van der Waals surface area contributed by atoms with Crippen molar-refractivity contribution in [3.05, 3.63) is 22.7 Å². The summed E-state index contributed by atoms with van der Waals surface area (Å²) >= 11 is 6.15. The molecule has 6 nitrogen and oxygen atoms in total. The maximum absolute atomic E-state index is 12.4. The van der Waals surface area contributed by atoms with Crippen LogP contribution in [-0.4, -0.2) is 50.0 Å². The molecule has 2 unspecified atom stereocenters. The van der Waals surface area contributed by atoms with Crippen LogP contribution in [-0.2, 0) is 9.84 Å². The smallest absolute Gasteiger partial charge is 0.322 e. The molecular weight excluding hydrogens is 328 g/mol. The number of benzene rings is 1. The first-order valence-corrected chi connectivity index (χ1v) is 9.04. The summed E-state index contributed by atoms with van der Waals surface area (Å²) in [4.78, 5) is 13.9. The van der Waals surface area contributed by atoms with Gasteiger partial charge in [0, 0.05) is 18.7 Å². The van der Waals surface area contributed by atoms with Gasteiger partial charge < -0.3 is 15.0 Å². The van der Waals surface area contributed by atoms with Crippen molar-refractivity contribution in [3.8, 4) is 5.75 Å². The molecule has 2 aliphatic rings. The number of hydrogen-bond acceptors (Lipinski definition) is 4. The Morgan fingerprint density at radius 3 is 2.73 bits per heavy atom. The quantitative estimate of drug-likeness (QED) is 0.891. The van der Waals surface area contributed by atoms with Gasteiger partial charge in [-0.2, -0.15) is 0 Å². The highest BCUT2D eigenvalue weighted by Crippen LogP contribution is 2.34. The molecule has 2 atom stereocenters. The summed E-state index contributed by atoms with van der Waals surface area (Å²) in [6, 6.07) is 2.85. The lowest BCUT2D eigenvalue weighted by Gasteiger charge is -2.27. The third-order valence-electron chi connectivity index (χ3n) is 4.30. The molecule has 0 saturated carbocycles. The molecule has 2 fully saturated rings. The molecule has 8 heteroatoms. The fourth-order valence-corrected chi connectivity index (χ4v) is 5.34. The van der Waals surface area contributed by atoms with E-state index in [2.05, 4.69) is 5.32 Å². The van der Waals surface area contributed by atoms with Crippen LogP contribution in [0.25, 0.3) is 0 Å². The Balaban J connectivity index is 1.75. The molecule has 22 heavy (non-hydrogen) atoms. The van der Waals surface area contributed by atoms with Crippen LogP contribution in [0.3, 0.4) is 0 Å². The van der Waals surface area contributed by atoms with Crippen molar-refractivity contribution in [2.75, 3.05) is 24.7 Å². The third-order valence-corrected chi connectivity index (χ3v) is 6.81. The highest BCUT2D eigenvalue weighted by molar-refractivity contribution is 7.92. The van der Waals surface area contributed by atoms with Gasteiger partial charge in [0.25, 0.3) is 0 Å². The van der Waals surface area contributed by atoms with Gasteiger partial charge in [-0.05, 0) is 25.0 Å². The second-order valence-corrected chi connectivity index (χ2v) is 8.46. The van der Waals surface area contributed by atoms with Gasteiger partial charge in [0.2, 0.25) is 0 Å². The number of urea groups is 1. The predicted molar refractivity (Wildman–Crippen MR) is 84.4 cm³/mol. The number of likely N-dealkylation sites (tertiary alicyclic amines) is 1. The second-order valence-electron chi connectivity index (χ2n) is 5.73. The van der Waals surface area contributed by atoms with Gasteiger partial charge >= 0.3 is 6.03 Å². The minimum atomic E-state index is -3.01. The van der Waals surface area contributed by atoms with Gasteiger partial charge in [0.15, 0.2) is 9.84 Å². The summed E-state index contributed by atoms with van der Waals surface area (Å²) in [5.74, 6) is 0.704. The first kappa shape index (κ1) is 15.4. The number of rotatable bonds is 2. The molecule has 2 heterocycles. The second kappa shape index (κ2) is 5.31. The largest absolute Gasteiger partial charge is 0.496 e. The van der Waals surface area contributed by atoms with E-state index in [9.17, 15) is 13.2 Å². The van der Waals surface area contributed by atoms with Crippen LogP contribution in [0.4, 0.5) is 10.5 Å². The molecule has 1 N–H and O–H groups in total. The number of fused-ring (bicyclic) bond motifs is 2. The molecule has 0 aromatic heterocycles. The fraction of sp³-hybridized carbons (Fsp3) is 0.500. The van der Waals surface area contributed by atoms with Crippen molar-refractivity contribution < 1.29 is 17.9 Å². The Morgan fingerprint density at radius 2 is 2.18 bits per heavy atom. The van der Waals surface area contributed by atoms with E-state index in [4.69, 9.17) is 16.3 Å².